The first-order chi connectivity index (χ1) is 4.47. The zero-order chi connectivity index (χ0) is 6.10. The summed E-state index contributed by atoms with van der Waals surface area (Å²) in [6.45, 7) is 0. The highest BCUT2D eigenvalue weighted by Gasteiger charge is 2.17. The fourth-order valence-electron chi connectivity index (χ4n) is 0.963. The predicted molar refractivity (Wildman–Crippen MR) is 36.4 cm³/mol. The molecule has 0 radical (unpaired) electrons. The first-order valence-corrected chi connectivity index (χ1v) is 2.97. The Labute approximate surface area is 53.4 Å². The Kier molecular flexibility index (Phi) is 0.886. The van der Waals surface area contributed by atoms with Gasteiger partial charge in [0, 0.05) is 25.0 Å². The Hall–Kier alpha value is -1.12. The molecular formula is C6H7N3. The normalized spacial score (nSPS) is 29.3. The maximum atomic E-state index is 4.18. The molecule has 0 fully saturated rings. The van der Waals surface area contributed by atoms with Gasteiger partial charge in [-0.15, -0.1) is 0 Å². The molecule has 2 rings (SSSR count). The first-order valence-electron chi connectivity index (χ1n) is 2.97. The van der Waals surface area contributed by atoms with Crippen molar-refractivity contribution in [1.29, 1.82) is 0 Å². The van der Waals surface area contributed by atoms with E-state index in [0.29, 0.717) is 0 Å². The molecule has 0 saturated carbocycles. The van der Waals surface area contributed by atoms with Crippen LogP contribution in [-0.2, 0) is 0 Å². The number of hydrazone groups is 1. The van der Waals surface area contributed by atoms with E-state index in [1.165, 1.54) is 0 Å². The van der Waals surface area contributed by atoms with Gasteiger partial charge in [0.25, 0.3) is 0 Å². The van der Waals surface area contributed by atoms with Crippen molar-refractivity contribution >= 4 is 12.4 Å². The van der Waals surface area contributed by atoms with Crippen molar-refractivity contribution in [2.75, 3.05) is 0 Å². The van der Waals surface area contributed by atoms with E-state index in [2.05, 4.69) is 10.1 Å². The highest BCUT2D eigenvalue weighted by atomic mass is 15.5. The van der Waals surface area contributed by atoms with Gasteiger partial charge in [-0.3, -0.25) is 4.99 Å². The average Bonchev–Trinajstić information content (AvgIpc) is 2.33. The minimum atomic E-state index is 0.259. The second-order valence-electron chi connectivity index (χ2n) is 2.03. The number of allylic oxidation sites excluding steroid dienone is 1. The summed E-state index contributed by atoms with van der Waals surface area (Å²) in [6.07, 6.45) is 8.73. The Morgan fingerprint density at radius 2 is 2.56 bits per heavy atom. The van der Waals surface area contributed by atoms with Gasteiger partial charge in [-0.2, -0.15) is 5.10 Å². The molecule has 3 nitrogen and oxygen atoms in total. The fourth-order valence-corrected chi connectivity index (χ4v) is 0.963. The largest absolute Gasteiger partial charge is 0.266 e. The van der Waals surface area contributed by atoms with Crippen LogP contribution in [0.1, 0.15) is 6.42 Å². The number of nitrogens with zero attached hydrogens (tertiary/aromatic N) is 3. The van der Waals surface area contributed by atoms with E-state index in [0.717, 1.165) is 6.42 Å². The van der Waals surface area contributed by atoms with Crippen molar-refractivity contribution in [3.8, 4) is 0 Å². The third-order valence-electron chi connectivity index (χ3n) is 1.42. The van der Waals surface area contributed by atoms with Gasteiger partial charge in [-0.1, -0.05) is 0 Å². The van der Waals surface area contributed by atoms with Crippen LogP contribution in [0.15, 0.2) is 22.4 Å². The Morgan fingerprint density at radius 1 is 1.56 bits per heavy atom. The van der Waals surface area contributed by atoms with Crippen molar-refractivity contribution in [3.05, 3.63) is 12.3 Å². The van der Waals surface area contributed by atoms with Crippen molar-refractivity contribution in [1.82, 2.24) is 5.01 Å². The van der Waals surface area contributed by atoms with Gasteiger partial charge < -0.3 is 0 Å². The maximum Gasteiger partial charge on any atom is 0.146 e. The molecule has 0 amide bonds. The van der Waals surface area contributed by atoms with Crippen LogP contribution < -0.4 is 0 Å². The first kappa shape index (κ1) is 4.73. The van der Waals surface area contributed by atoms with Gasteiger partial charge in [0.1, 0.15) is 6.17 Å². The highest BCUT2D eigenvalue weighted by molar-refractivity contribution is 5.73. The molecule has 0 aromatic rings. The van der Waals surface area contributed by atoms with Crippen LogP contribution in [0, 0.1) is 0 Å². The minimum Gasteiger partial charge on any atom is -0.266 e. The second kappa shape index (κ2) is 1.69. The number of fused-ring (bicyclic) bond motifs is 1. The average molecular weight is 121 g/mol. The smallest absolute Gasteiger partial charge is 0.146 e. The molecule has 2 heterocycles. The zero-order valence-corrected chi connectivity index (χ0v) is 4.94. The SMILES string of the molecule is C1=CN2N=CCC2N=C1. The topological polar surface area (TPSA) is 28.0 Å². The lowest BCUT2D eigenvalue weighted by Gasteiger charge is -2.17. The molecule has 0 aliphatic carbocycles. The number of hydrogen-bond acceptors (Lipinski definition) is 3. The highest BCUT2D eigenvalue weighted by Crippen LogP contribution is 2.13. The standard InChI is InChI=1S/C6H7N3/c1-3-7-6-2-4-8-9(6)5-1/h1,3-6H,2H2. The molecular weight excluding hydrogens is 114 g/mol. The summed E-state index contributed by atoms with van der Waals surface area (Å²) < 4.78 is 0. The molecule has 0 saturated heterocycles. The minimum absolute atomic E-state index is 0.259. The summed E-state index contributed by atoms with van der Waals surface area (Å²) in [5.74, 6) is 0. The zero-order valence-electron chi connectivity index (χ0n) is 4.94. The molecule has 0 N–H and O–H groups in total. The van der Waals surface area contributed by atoms with Crippen LogP contribution in [0.5, 0.6) is 0 Å². The Bertz CT molecular complexity index is 192. The van der Waals surface area contributed by atoms with Gasteiger partial charge in [-0.25, -0.2) is 5.01 Å². The van der Waals surface area contributed by atoms with Crippen molar-refractivity contribution in [2.24, 2.45) is 10.1 Å². The maximum absolute atomic E-state index is 4.18. The predicted octanol–water partition coefficient (Wildman–Crippen LogP) is 0.602. The molecule has 0 bridgehead atoms. The van der Waals surface area contributed by atoms with Gasteiger partial charge in [0.15, 0.2) is 0 Å². The Morgan fingerprint density at radius 3 is 3.44 bits per heavy atom. The summed E-state index contributed by atoms with van der Waals surface area (Å²) in [5, 5.41) is 5.93. The third kappa shape index (κ3) is 0.650. The molecule has 3 heteroatoms. The summed E-state index contributed by atoms with van der Waals surface area (Å²) in [6, 6.07) is 0. The summed E-state index contributed by atoms with van der Waals surface area (Å²) in [4.78, 5) is 4.18. The summed E-state index contributed by atoms with van der Waals surface area (Å²) in [7, 11) is 0. The molecule has 2 aliphatic heterocycles. The van der Waals surface area contributed by atoms with E-state index in [4.69, 9.17) is 0 Å². The third-order valence-corrected chi connectivity index (χ3v) is 1.42. The van der Waals surface area contributed by atoms with Crippen LogP contribution in [0.3, 0.4) is 0 Å². The Balaban J connectivity index is 2.25. The fraction of sp³-hybridized carbons (Fsp3) is 0.333. The number of rotatable bonds is 0. The van der Waals surface area contributed by atoms with E-state index in [9.17, 15) is 0 Å². The molecule has 46 valence electrons. The quantitative estimate of drug-likeness (QED) is 0.461. The van der Waals surface area contributed by atoms with Gasteiger partial charge in [0.05, 0.1) is 0 Å². The van der Waals surface area contributed by atoms with Crippen LogP contribution in [0.25, 0.3) is 0 Å². The van der Waals surface area contributed by atoms with Gasteiger partial charge in [-0.05, 0) is 6.08 Å². The van der Waals surface area contributed by atoms with Crippen LogP contribution in [-0.4, -0.2) is 23.6 Å². The summed E-state index contributed by atoms with van der Waals surface area (Å²) >= 11 is 0. The van der Waals surface area contributed by atoms with E-state index < -0.39 is 0 Å². The van der Waals surface area contributed by atoms with Crippen molar-refractivity contribution in [3.63, 3.8) is 0 Å². The van der Waals surface area contributed by atoms with Crippen LogP contribution >= 0.6 is 0 Å². The molecule has 2 aliphatic rings. The van der Waals surface area contributed by atoms with E-state index >= 15 is 0 Å². The van der Waals surface area contributed by atoms with Crippen molar-refractivity contribution < 1.29 is 0 Å². The lowest BCUT2D eigenvalue weighted by molar-refractivity contribution is 0.329. The lowest BCUT2D eigenvalue weighted by atomic mass is 10.3. The molecule has 0 aromatic heterocycles. The van der Waals surface area contributed by atoms with E-state index in [-0.39, 0.29) is 6.17 Å². The van der Waals surface area contributed by atoms with Gasteiger partial charge in [0.2, 0.25) is 0 Å². The molecule has 1 atom stereocenters. The van der Waals surface area contributed by atoms with Crippen LogP contribution in [0.2, 0.25) is 0 Å². The van der Waals surface area contributed by atoms with Gasteiger partial charge >= 0.3 is 0 Å². The second-order valence-corrected chi connectivity index (χ2v) is 2.03. The van der Waals surface area contributed by atoms with Crippen molar-refractivity contribution in [2.45, 2.75) is 12.6 Å². The molecule has 9 heavy (non-hydrogen) atoms. The molecule has 1 unspecified atom stereocenters. The monoisotopic (exact) mass is 121 g/mol. The molecule has 0 aromatic carbocycles. The van der Waals surface area contributed by atoms with E-state index in [1.54, 1.807) is 0 Å². The number of aliphatic imine (C=N–C) groups is 1. The number of hydrogen-bond donors (Lipinski definition) is 0. The molecule has 0 spiro atoms. The lowest BCUT2D eigenvalue weighted by Crippen LogP contribution is -2.21. The van der Waals surface area contributed by atoms with E-state index in [1.807, 2.05) is 29.7 Å². The summed E-state index contributed by atoms with van der Waals surface area (Å²) in [5.41, 5.74) is 0. The van der Waals surface area contributed by atoms with Crippen LogP contribution in [0.4, 0.5) is 0 Å².